The number of nitro benzene ring substituents is 1. The predicted octanol–water partition coefficient (Wildman–Crippen LogP) is 2.45. The number of hydrogen-bond acceptors (Lipinski definition) is 6. The van der Waals surface area contributed by atoms with E-state index in [1.54, 1.807) is 6.26 Å². The molecule has 0 spiro atoms. The second-order valence-corrected chi connectivity index (χ2v) is 3.76. The summed E-state index contributed by atoms with van der Waals surface area (Å²) in [5.41, 5.74) is 0.526. The van der Waals surface area contributed by atoms with Crippen LogP contribution in [0.2, 0.25) is 0 Å². The number of nitrogens with zero attached hydrogens (tertiary/aromatic N) is 2. The lowest BCUT2D eigenvalue weighted by molar-refractivity contribution is -0.402. The maximum absolute atomic E-state index is 10.4. The van der Waals surface area contributed by atoms with E-state index >= 15 is 0 Å². The van der Waals surface area contributed by atoms with Crippen LogP contribution in [0.5, 0.6) is 0 Å². The van der Waals surface area contributed by atoms with Gasteiger partial charge < -0.3 is 5.32 Å². The lowest BCUT2D eigenvalue weighted by Gasteiger charge is -2.05. The highest BCUT2D eigenvalue weighted by Gasteiger charge is 2.06. The van der Waals surface area contributed by atoms with E-state index in [9.17, 15) is 20.2 Å². The first-order valence-electron chi connectivity index (χ1n) is 4.43. The standard InChI is InChI=1S/C9H9N3O4S/c1-17-9(6-11(13)14)10-7-2-4-8(5-3-7)12(15)16/h2-6,10H,1H3/b9-6-. The van der Waals surface area contributed by atoms with Crippen molar-refractivity contribution < 1.29 is 9.85 Å². The van der Waals surface area contributed by atoms with Gasteiger partial charge in [0.25, 0.3) is 11.9 Å². The van der Waals surface area contributed by atoms with Crippen molar-refractivity contribution in [1.82, 2.24) is 0 Å². The molecule has 8 heteroatoms. The average Bonchev–Trinajstić information content (AvgIpc) is 2.28. The summed E-state index contributed by atoms with van der Waals surface area (Å²) in [6.45, 7) is 0. The first-order chi connectivity index (χ1) is 8.02. The van der Waals surface area contributed by atoms with E-state index in [2.05, 4.69) is 5.32 Å². The monoisotopic (exact) mass is 255 g/mol. The van der Waals surface area contributed by atoms with Gasteiger partial charge in [-0.15, -0.1) is 11.8 Å². The molecule has 0 saturated heterocycles. The van der Waals surface area contributed by atoms with Crippen molar-refractivity contribution in [3.8, 4) is 0 Å². The van der Waals surface area contributed by atoms with Crippen LogP contribution < -0.4 is 5.32 Å². The summed E-state index contributed by atoms with van der Waals surface area (Å²) in [5.74, 6) is 0. The normalized spacial score (nSPS) is 11.0. The van der Waals surface area contributed by atoms with Crippen LogP contribution in [0, 0.1) is 20.2 Å². The SMILES string of the molecule is CS/C(=C\[N+](=O)[O-])Nc1ccc([N+](=O)[O-])cc1. The molecule has 17 heavy (non-hydrogen) atoms. The van der Waals surface area contributed by atoms with E-state index in [4.69, 9.17) is 0 Å². The van der Waals surface area contributed by atoms with Crippen molar-refractivity contribution in [1.29, 1.82) is 0 Å². The second-order valence-electron chi connectivity index (χ2n) is 2.91. The van der Waals surface area contributed by atoms with Gasteiger partial charge in [-0.1, -0.05) is 0 Å². The molecule has 0 atom stereocenters. The van der Waals surface area contributed by atoms with Crippen LogP contribution in [0.25, 0.3) is 0 Å². The third kappa shape index (κ3) is 4.11. The molecule has 0 aliphatic heterocycles. The number of hydrogen-bond donors (Lipinski definition) is 1. The molecule has 0 bridgehead atoms. The number of anilines is 1. The Bertz CT molecular complexity index is 458. The Balaban J connectivity index is 2.81. The van der Waals surface area contributed by atoms with Crippen LogP contribution in [-0.2, 0) is 0 Å². The molecule has 90 valence electrons. The van der Waals surface area contributed by atoms with Gasteiger partial charge in [0.1, 0.15) is 5.03 Å². The number of nitrogens with one attached hydrogen (secondary N) is 1. The number of rotatable bonds is 5. The van der Waals surface area contributed by atoms with Gasteiger partial charge in [0.2, 0.25) is 0 Å². The fraction of sp³-hybridized carbons (Fsp3) is 0.111. The summed E-state index contributed by atoms with van der Waals surface area (Å²) in [5, 5.41) is 23.8. The Hall–Kier alpha value is -2.09. The molecule has 0 heterocycles. The van der Waals surface area contributed by atoms with Crippen LogP contribution >= 0.6 is 11.8 Å². The Kier molecular flexibility index (Phi) is 4.46. The van der Waals surface area contributed by atoms with E-state index in [1.807, 2.05) is 0 Å². The van der Waals surface area contributed by atoms with E-state index in [0.717, 1.165) is 6.20 Å². The molecule has 0 saturated carbocycles. The van der Waals surface area contributed by atoms with Gasteiger partial charge in [-0.2, -0.15) is 0 Å². The minimum Gasteiger partial charge on any atom is -0.345 e. The summed E-state index contributed by atoms with van der Waals surface area (Å²) in [4.78, 5) is 19.6. The third-order valence-corrected chi connectivity index (χ3v) is 2.44. The Morgan fingerprint density at radius 2 is 1.88 bits per heavy atom. The molecular weight excluding hydrogens is 246 g/mol. The van der Waals surface area contributed by atoms with Crippen LogP contribution in [-0.4, -0.2) is 16.1 Å². The highest BCUT2D eigenvalue weighted by Crippen LogP contribution is 2.20. The Labute approximate surface area is 101 Å². The second kappa shape index (κ2) is 5.85. The van der Waals surface area contributed by atoms with E-state index < -0.39 is 9.85 Å². The van der Waals surface area contributed by atoms with Crippen LogP contribution in [0.1, 0.15) is 0 Å². The van der Waals surface area contributed by atoms with Crippen molar-refractivity contribution in [3.63, 3.8) is 0 Å². The first-order valence-corrected chi connectivity index (χ1v) is 5.66. The molecule has 0 unspecified atom stereocenters. The molecule has 0 aliphatic carbocycles. The summed E-state index contributed by atoms with van der Waals surface area (Å²) < 4.78 is 0. The minimum atomic E-state index is -0.565. The van der Waals surface area contributed by atoms with Gasteiger partial charge in [-0.25, -0.2) is 0 Å². The van der Waals surface area contributed by atoms with E-state index in [-0.39, 0.29) is 5.69 Å². The number of non-ortho nitro benzene ring substituents is 1. The van der Waals surface area contributed by atoms with Crippen molar-refractivity contribution in [2.24, 2.45) is 0 Å². The van der Waals surface area contributed by atoms with Crippen molar-refractivity contribution in [3.05, 3.63) is 55.7 Å². The molecule has 1 aromatic carbocycles. The van der Waals surface area contributed by atoms with Gasteiger partial charge in [-0.3, -0.25) is 20.2 Å². The fourth-order valence-corrected chi connectivity index (χ4v) is 1.45. The molecule has 0 radical (unpaired) electrons. The predicted molar refractivity (Wildman–Crippen MR) is 65.3 cm³/mol. The minimum absolute atomic E-state index is 0.0282. The van der Waals surface area contributed by atoms with Crippen LogP contribution in [0.4, 0.5) is 11.4 Å². The summed E-state index contributed by atoms with van der Waals surface area (Å²) in [6.07, 6.45) is 2.53. The van der Waals surface area contributed by atoms with Crippen molar-refractivity contribution >= 4 is 23.1 Å². The van der Waals surface area contributed by atoms with Gasteiger partial charge in [0.15, 0.2) is 0 Å². The van der Waals surface area contributed by atoms with Gasteiger partial charge in [0, 0.05) is 17.8 Å². The highest BCUT2D eigenvalue weighted by atomic mass is 32.2. The molecule has 1 aromatic rings. The lowest BCUT2D eigenvalue weighted by atomic mass is 10.3. The topological polar surface area (TPSA) is 98.3 Å². The molecule has 7 nitrogen and oxygen atoms in total. The smallest absolute Gasteiger partial charge is 0.269 e. The number of nitro groups is 2. The molecule has 1 N–H and O–H groups in total. The number of benzene rings is 1. The first kappa shape index (κ1) is 13.0. The van der Waals surface area contributed by atoms with Gasteiger partial charge in [-0.05, 0) is 18.4 Å². The fourth-order valence-electron chi connectivity index (χ4n) is 1.04. The summed E-state index contributed by atoms with van der Waals surface area (Å²) in [6, 6.07) is 5.63. The zero-order valence-corrected chi connectivity index (χ0v) is 9.64. The molecule has 0 aliphatic rings. The maximum Gasteiger partial charge on any atom is 0.269 e. The summed E-state index contributed by atoms with van der Waals surface area (Å²) in [7, 11) is 0. The zero-order chi connectivity index (χ0) is 12.8. The molecule has 0 amide bonds. The van der Waals surface area contributed by atoms with E-state index in [0.29, 0.717) is 10.7 Å². The molecule has 1 rings (SSSR count). The molecular formula is C9H9N3O4S. The Morgan fingerprint density at radius 1 is 1.29 bits per heavy atom. The van der Waals surface area contributed by atoms with Crippen LogP contribution in [0.3, 0.4) is 0 Å². The van der Waals surface area contributed by atoms with E-state index in [1.165, 1.54) is 36.0 Å². The van der Waals surface area contributed by atoms with Crippen molar-refractivity contribution in [2.75, 3.05) is 11.6 Å². The largest absolute Gasteiger partial charge is 0.345 e. The van der Waals surface area contributed by atoms with Gasteiger partial charge in [0.05, 0.1) is 9.85 Å². The average molecular weight is 255 g/mol. The van der Waals surface area contributed by atoms with Crippen LogP contribution in [0.15, 0.2) is 35.5 Å². The van der Waals surface area contributed by atoms with Gasteiger partial charge >= 0.3 is 0 Å². The quantitative estimate of drug-likeness (QED) is 0.640. The third-order valence-electron chi connectivity index (χ3n) is 1.79. The summed E-state index contributed by atoms with van der Waals surface area (Å²) >= 11 is 1.18. The van der Waals surface area contributed by atoms with Crippen molar-refractivity contribution in [2.45, 2.75) is 0 Å². The molecule has 0 fully saturated rings. The number of thioether (sulfide) groups is 1. The maximum atomic E-state index is 10.4. The zero-order valence-electron chi connectivity index (χ0n) is 8.82. The highest BCUT2D eigenvalue weighted by molar-refractivity contribution is 8.02. The lowest BCUT2D eigenvalue weighted by Crippen LogP contribution is -1.99. The molecule has 0 aromatic heterocycles. The Morgan fingerprint density at radius 3 is 2.29 bits per heavy atom.